The zero-order valence-electron chi connectivity index (χ0n) is 22.3. The summed E-state index contributed by atoms with van der Waals surface area (Å²) in [6, 6.07) is 5.47. The van der Waals surface area contributed by atoms with E-state index in [9.17, 15) is 24.3 Å². The average Bonchev–Trinajstić information content (AvgIpc) is 3.40. The van der Waals surface area contributed by atoms with Gasteiger partial charge in [0.15, 0.2) is 5.96 Å². The molecule has 4 atom stereocenters. The molecule has 1 fully saturated rings. The van der Waals surface area contributed by atoms with Crippen molar-refractivity contribution in [1.82, 2.24) is 15.5 Å². The number of benzene rings is 1. The van der Waals surface area contributed by atoms with Gasteiger partial charge in [-0.1, -0.05) is 36.8 Å². The van der Waals surface area contributed by atoms with Crippen molar-refractivity contribution in [2.75, 3.05) is 19.6 Å². The molecule has 39 heavy (non-hydrogen) atoms. The van der Waals surface area contributed by atoms with Gasteiger partial charge in [0.2, 0.25) is 17.7 Å². The minimum atomic E-state index is -1.19. The van der Waals surface area contributed by atoms with Crippen LogP contribution in [0.3, 0.4) is 0 Å². The molecule has 13 heteroatoms. The highest BCUT2D eigenvalue weighted by molar-refractivity contribution is 5.94. The van der Waals surface area contributed by atoms with Crippen molar-refractivity contribution in [3.8, 4) is 0 Å². The number of nitrogens with one attached hydrogen (secondary N) is 2. The van der Waals surface area contributed by atoms with Crippen molar-refractivity contribution >= 4 is 29.7 Å². The second-order valence-electron chi connectivity index (χ2n) is 9.68. The number of carbonyl (C=O) groups is 4. The highest BCUT2D eigenvalue weighted by Gasteiger charge is 2.39. The van der Waals surface area contributed by atoms with Crippen LogP contribution in [0.5, 0.6) is 0 Å². The normalized spacial score (nSPS) is 17.1. The van der Waals surface area contributed by atoms with E-state index < -0.39 is 47.9 Å². The quantitative estimate of drug-likeness (QED) is 0.0747. The number of aliphatic carboxylic acids is 1. The molecule has 0 spiro atoms. The number of nitrogens with zero attached hydrogens (tertiary/aromatic N) is 2. The minimum Gasteiger partial charge on any atom is -0.480 e. The van der Waals surface area contributed by atoms with Crippen LogP contribution < -0.4 is 33.6 Å². The van der Waals surface area contributed by atoms with E-state index >= 15 is 0 Å². The standard InChI is InChI=1S/C26H42N8O5/c27-13-5-4-10-18(28)22(35)33-20(16-17-8-2-1-3-9-17)24(37)34-15-7-12-21(34)23(36)32-19(25(38)39)11-6-14-31-26(29)30/h1-3,8-9,18-21H,4-7,10-16,27-28H2,(H,32,36)(H,33,35)(H,38,39)(H4,29,30,31). The molecule has 216 valence electrons. The number of amides is 3. The third kappa shape index (κ3) is 10.5. The number of aliphatic imine (C=N–C) groups is 1. The summed E-state index contributed by atoms with van der Waals surface area (Å²) in [5.74, 6) is -2.72. The van der Waals surface area contributed by atoms with E-state index in [2.05, 4.69) is 15.6 Å². The molecule has 1 saturated heterocycles. The summed E-state index contributed by atoms with van der Waals surface area (Å²) in [5, 5.41) is 14.9. The Morgan fingerprint density at radius 3 is 2.38 bits per heavy atom. The lowest BCUT2D eigenvalue weighted by Crippen LogP contribution is -2.57. The Morgan fingerprint density at radius 2 is 1.74 bits per heavy atom. The summed E-state index contributed by atoms with van der Waals surface area (Å²) in [7, 11) is 0. The number of rotatable bonds is 16. The van der Waals surface area contributed by atoms with Crippen molar-refractivity contribution in [1.29, 1.82) is 0 Å². The number of nitrogens with two attached hydrogens (primary N) is 4. The molecule has 11 N–H and O–H groups in total. The minimum absolute atomic E-state index is 0.0975. The lowest BCUT2D eigenvalue weighted by atomic mass is 10.0. The Bertz CT molecular complexity index is 986. The van der Waals surface area contributed by atoms with Crippen LogP contribution in [0.15, 0.2) is 35.3 Å². The molecular formula is C26H42N8O5. The van der Waals surface area contributed by atoms with Gasteiger partial charge in [0, 0.05) is 19.5 Å². The molecule has 2 rings (SSSR count). The van der Waals surface area contributed by atoms with E-state index in [-0.39, 0.29) is 25.3 Å². The first-order chi connectivity index (χ1) is 18.6. The molecule has 1 heterocycles. The van der Waals surface area contributed by atoms with Gasteiger partial charge in [-0.05, 0) is 50.6 Å². The number of hydrogen-bond acceptors (Lipinski definition) is 7. The van der Waals surface area contributed by atoms with Gasteiger partial charge in [-0.15, -0.1) is 0 Å². The van der Waals surface area contributed by atoms with E-state index in [0.29, 0.717) is 45.2 Å². The highest BCUT2D eigenvalue weighted by atomic mass is 16.4. The van der Waals surface area contributed by atoms with E-state index in [1.54, 1.807) is 0 Å². The molecule has 1 aromatic rings. The van der Waals surface area contributed by atoms with Gasteiger partial charge in [-0.25, -0.2) is 4.79 Å². The Kier molecular flexibility index (Phi) is 13.2. The third-order valence-electron chi connectivity index (χ3n) is 6.60. The Hall–Kier alpha value is -3.71. The number of hydrogen-bond donors (Lipinski definition) is 7. The molecule has 1 aliphatic heterocycles. The monoisotopic (exact) mass is 546 g/mol. The van der Waals surface area contributed by atoms with Crippen molar-refractivity contribution < 1.29 is 24.3 Å². The van der Waals surface area contributed by atoms with Crippen LogP contribution in [-0.2, 0) is 25.6 Å². The molecule has 0 aromatic heterocycles. The van der Waals surface area contributed by atoms with Crippen LogP contribution in [0.4, 0.5) is 0 Å². The molecule has 1 aromatic carbocycles. The fraction of sp³-hybridized carbons (Fsp3) is 0.577. The van der Waals surface area contributed by atoms with Crippen LogP contribution in [0, 0.1) is 0 Å². The van der Waals surface area contributed by atoms with E-state index in [1.165, 1.54) is 4.90 Å². The number of carboxylic acid groups (broad SMARTS) is 1. The summed E-state index contributed by atoms with van der Waals surface area (Å²) in [6.07, 6.45) is 3.49. The Labute approximate surface area is 228 Å². The molecule has 13 nitrogen and oxygen atoms in total. The average molecular weight is 547 g/mol. The van der Waals surface area contributed by atoms with E-state index in [4.69, 9.17) is 22.9 Å². The largest absolute Gasteiger partial charge is 0.480 e. The zero-order valence-corrected chi connectivity index (χ0v) is 22.3. The van der Waals surface area contributed by atoms with Gasteiger partial charge < -0.3 is 43.6 Å². The second kappa shape index (κ2) is 16.3. The Morgan fingerprint density at radius 1 is 1.03 bits per heavy atom. The molecule has 3 amide bonds. The van der Waals surface area contributed by atoms with Gasteiger partial charge >= 0.3 is 5.97 Å². The highest BCUT2D eigenvalue weighted by Crippen LogP contribution is 2.20. The van der Waals surface area contributed by atoms with Crippen molar-refractivity contribution in [3.05, 3.63) is 35.9 Å². The van der Waals surface area contributed by atoms with Crippen LogP contribution >= 0.6 is 0 Å². The first kappa shape index (κ1) is 31.5. The second-order valence-corrected chi connectivity index (χ2v) is 9.68. The van der Waals surface area contributed by atoms with Gasteiger partial charge in [-0.3, -0.25) is 19.4 Å². The summed E-state index contributed by atoms with van der Waals surface area (Å²) in [4.78, 5) is 56.6. The maximum atomic E-state index is 13.7. The van der Waals surface area contributed by atoms with Crippen molar-refractivity contribution in [2.24, 2.45) is 27.9 Å². The SMILES string of the molecule is NCCCCC(N)C(=O)NC(Cc1ccccc1)C(=O)N1CCCC1C(=O)NC(CCCN=C(N)N)C(=O)O. The fourth-order valence-corrected chi connectivity index (χ4v) is 4.50. The summed E-state index contributed by atoms with van der Waals surface area (Å²) >= 11 is 0. The first-order valence-electron chi connectivity index (χ1n) is 13.3. The number of unbranched alkanes of at least 4 members (excludes halogenated alkanes) is 1. The number of carboxylic acids is 1. The van der Waals surface area contributed by atoms with Crippen molar-refractivity contribution in [3.63, 3.8) is 0 Å². The van der Waals surface area contributed by atoms with Gasteiger partial charge in [0.05, 0.1) is 6.04 Å². The van der Waals surface area contributed by atoms with Gasteiger partial charge in [0.25, 0.3) is 0 Å². The van der Waals surface area contributed by atoms with Crippen LogP contribution in [0.2, 0.25) is 0 Å². The molecule has 0 aliphatic carbocycles. The predicted molar refractivity (Wildman–Crippen MR) is 147 cm³/mol. The molecule has 0 saturated carbocycles. The fourth-order valence-electron chi connectivity index (χ4n) is 4.50. The van der Waals surface area contributed by atoms with Crippen LogP contribution in [-0.4, -0.2) is 83.5 Å². The molecule has 1 aliphatic rings. The van der Waals surface area contributed by atoms with Crippen LogP contribution in [0.25, 0.3) is 0 Å². The third-order valence-corrected chi connectivity index (χ3v) is 6.60. The summed E-state index contributed by atoms with van der Waals surface area (Å²) in [5.41, 5.74) is 23.0. The van der Waals surface area contributed by atoms with Crippen LogP contribution in [0.1, 0.15) is 50.5 Å². The van der Waals surface area contributed by atoms with E-state index in [0.717, 1.165) is 12.0 Å². The lowest BCUT2D eigenvalue weighted by Gasteiger charge is -2.30. The van der Waals surface area contributed by atoms with Gasteiger partial charge in [-0.2, -0.15) is 0 Å². The number of guanidine groups is 1. The molecule has 0 radical (unpaired) electrons. The zero-order chi connectivity index (χ0) is 28.8. The first-order valence-corrected chi connectivity index (χ1v) is 13.3. The maximum absolute atomic E-state index is 13.7. The Balaban J connectivity index is 2.13. The summed E-state index contributed by atoms with van der Waals surface area (Å²) in [6.45, 7) is 1.04. The van der Waals surface area contributed by atoms with Crippen molar-refractivity contribution in [2.45, 2.75) is 75.5 Å². The smallest absolute Gasteiger partial charge is 0.326 e. The summed E-state index contributed by atoms with van der Waals surface area (Å²) < 4.78 is 0. The molecule has 4 unspecified atom stereocenters. The maximum Gasteiger partial charge on any atom is 0.326 e. The molecule has 0 bridgehead atoms. The molecular weight excluding hydrogens is 504 g/mol. The predicted octanol–water partition coefficient (Wildman–Crippen LogP) is -1.22. The number of carbonyl (C=O) groups excluding carboxylic acids is 3. The van der Waals surface area contributed by atoms with E-state index in [1.807, 2.05) is 30.3 Å². The topological polar surface area (TPSA) is 232 Å². The van der Waals surface area contributed by atoms with Gasteiger partial charge in [0.1, 0.15) is 18.1 Å². The number of likely N-dealkylation sites (tertiary alicyclic amines) is 1. The lowest BCUT2D eigenvalue weighted by molar-refractivity contribution is -0.145.